The lowest BCUT2D eigenvalue weighted by atomic mass is 10.2. The minimum Gasteiger partial charge on any atom is -0.398 e. The molecule has 0 aliphatic carbocycles. The van der Waals surface area contributed by atoms with Gasteiger partial charge in [0.05, 0.1) is 5.69 Å². The average Bonchev–Trinajstić information content (AvgIpc) is 2.28. The lowest BCUT2D eigenvalue weighted by molar-refractivity contribution is 0.554. The number of anilines is 1. The van der Waals surface area contributed by atoms with Crippen molar-refractivity contribution in [2.24, 2.45) is 0 Å². The number of hydrogen-bond donors (Lipinski definition) is 2. The van der Waals surface area contributed by atoms with E-state index in [4.69, 9.17) is 5.73 Å². The van der Waals surface area contributed by atoms with E-state index < -0.39 is 20.7 Å². The first-order valence-electron chi connectivity index (χ1n) is 6.02. The van der Waals surface area contributed by atoms with Crippen LogP contribution in [0.25, 0.3) is 0 Å². The van der Waals surface area contributed by atoms with Crippen molar-refractivity contribution in [1.29, 1.82) is 0 Å². The molecule has 0 aromatic heterocycles. The molecule has 4 nitrogen and oxygen atoms in total. The zero-order chi connectivity index (χ0) is 13.6. The van der Waals surface area contributed by atoms with Crippen LogP contribution < -0.4 is 10.5 Å². The van der Waals surface area contributed by atoms with Gasteiger partial charge in [-0.05, 0) is 18.6 Å². The molecule has 0 unspecified atom stereocenters. The second-order valence-corrected chi connectivity index (χ2v) is 5.82. The van der Waals surface area contributed by atoms with Gasteiger partial charge in [0.25, 0.3) is 0 Å². The molecule has 0 amide bonds. The van der Waals surface area contributed by atoms with E-state index in [0.29, 0.717) is 6.54 Å². The number of sulfonamides is 1. The number of hydrogen-bond acceptors (Lipinski definition) is 3. The van der Waals surface area contributed by atoms with Crippen molar-refractivity contribution >= 4 is 15.7 Å². The van der Waals surface area contributed by atoms with Gasteiger partial charge < -0.3 is 5.73 Å². The van der Waals surface area contributed by atoms with E-state index >= 15 is 0 Å². The zero-order valence-corrected chi connectivity index (χ0v) is 11.3. The van der Waals surface area contributed by atoms with Crippen LogP contribution in [0.2, 0.25) is 0 Å². The minimum absolute atomic E-state index is 0.0731. The van der Waals surface area contributed by atoms with Gasteiger partial charge in [-0.25, -0.2) is 17.5 Å². The topological polar surface area (TPSA) is 72.2 Å². The quantitative estimate of drug-likeness (QED) is 0.592. The summed E-state index contributed by atoms with van der Waals surface area (Å²) in [5, 5.41) is 0. The Morgan fingerprint density at radius 3 is 2.61 bits per heavy atom. The van der Waals surface area contributed by atoms with Gasteiger partial charge in [0, 0.05) is 6.54 Å². The molecule has 6 heteroatoms. The van der Waals surface area contributed by atoms with Crippen LogP contribution in [0.3, 0.4) is 0 Å². The molecular weight excluding hydrogens is 255 g/mol. The lowest BCUT2D eigenvalue weighted by Gasteiger charge is -2.09. The summed E-state index contributed by atoms with van der Waals surface area (Å²) in [7, 11) is -3.86. The molecular formula is C12H19FN2O2S. The molecule has 0 bridgehead atoms. The first kappa shape index (κ1) is 14.9. The zero-order valence-electron chi connectivity index (χ0n) is 10.4. The van der Waals surface area contributed by atoms with Crippen molar-refractivity contribution in [3.63, 3.8) is 0 Å². The lowest BCUT2D eigenvalue weighted by Crippen LogP contribution is -2.26. The number of nitrogens with two attached hydrogens (primary N) is 1. The van der Waals surface area contributed by atoms with Gasteiger partial charge in [-0.15, -0.1) is 0 Å². The highest BCUT2D eigenvalue weighted by atomic mass is 32.2. The van der Waals surface area contributed by atoms with E-state index in [-0.39, 0.29) is 5.69 Å². The fraction of sp³-hybridized carbons (Fsp3) is 0.500. The molecule has 102 valence electrons. The molecule has 0 heterocycles. The molecule has 18 heavy (non-hydrogen) atoms. The summed E-state index contributed by atoms with van der Waals surface area (Å²) in [6.07, 6.45) is 3.82. The van der Waals surface area contributed by atoms with Crippen LogP contribution in [-0.4, -0.2) is 15.0 Å². The molecule has 0 saturated carbocycles. The van der Waals surface area contributed by atoms with E-state index in [9.17, 15) is 12.8 Å². The summed E-state index contributed by atoms with van der Waals surface area (Å²) >= 11 is 0. The highest BCUT2D eigenvalue weighted by molar-refractivity contribution is 7.89. The van der Waals surface area contributed by atoms with Gasteiger partial charge in [-0.2, -0.15) is 0 Å². The van der Waals surface area contributed by atoms with Gasteiger partial charge in [-0.3, -0.25) is 0 Å². The SMILES string of the molecule is CCCCCCNS(=O)(=O)c1c(N)cccc1F. The largest absolute Gasteiger partial charge is 0.398 e. The van der Waals surface area contributed by atoms with Crippen LogP contribution in [0.1, 0.15) is 32.6 Å². The second-order valence-electron chi connectivity index (χ2n) is 4.12. The van der Waals surface area contributed by atoms with Crippen LogP contribution >= 0.6 is 0 Å². The van der Waals surface area contributed by atoms with Gasteiger partial charge in [0.1, 0.15) is 10.7 Å². The Morgan fingerprint density at radius 1 is 1.28 bits per heavy atom. The Hall–Kier alpha value is -1.14. The molecule has 1 aromatic rings. The van der Waals surface area contributed by atoms with Crippen LogP contribution in [0.5, 0.6) is 0 Å². The predicted molar refractivity (Wildman–Crippen MR) is 70.1 cm³/mol. The molecule has 0 radical (unpaired) electrons. The maximum atomic E-state index is 13.5. The highest BCUT2D eigenvalue weighted by Crippen LogP contribution is 2.21. The number of nitrogen functional groups attached to an aromatic ring is 1. The normalized spacial score (nSPS) is 11.7. The van der Waals surface area contributed by atoms with Crippen molar-refractivity contribution in [2.75, 3.05) is 12.3 Å². The summed E-state index contributed by atoms with van der Waals surface area (Å²) in [6, 6.07) is 3.83. The third-order valence-electron chi connectivity index (χ3n) is 2.59. The van der Waals surface area contributed by atoms with E-state index in [2.05, 4.69) is 11.6 Å². The molecule has 0 aliphatic rings. The molecule has 0 fully saturated rings. The van der Waals surface area contributed by atoms with Crippen molar-refractivity contribution in [2.45, 2.75) is 37.5 Å². The summed E-state index contributed by atoms with van der Waals surface area (Å²) < 4.78 is 39.6. The van der Waals surface area contributed by atoms with Crippen molar-refractivity contribution in [3.8, 4) is 0 Å². The maximum Gasteiger partial charge on any atom is 0.245 e. The van der Waals surface area contributed by atoms with Gasteiger partial charge in [0.15, 0.2) is 0 Å². The Labute approximate surface area is 107 Å². The van der Waals surface area contributed by atoms with Crippen molar-refractivity contribution < 1.29 is 12.8 Å². The Bertz CT molecular complexity index is 469. The van der Waals surface area contributed by atoms with E-state index in [1.165, 1.54) is 12.1 Å². The van der Waals surface area contributed by atoms with Crippen LogP contribution in [-0.2, 0) is 10.0 Å². The third-order valence-corrected chi connectivity index (χ3v) is 4.14. The fourth-order valence-electron chi connectivity index (χ4n) is 1.64. The monoisotopic (exact) mass is 274 g/mol. The molecule has 1 aromatic carbocycles. The van der Waals surface area contributed by atoms with Crippen LogP contribution in [0.4, 0.5) is 10.1 Å². The molecule has 0 atom stereocenters. The van der Waals surface area contributed by atoms with E-state index in [0.717, 1.165) is 31.7 Å². The number of halogens is 1. The van der Waals surface area contributed by atoms with Gasteiger partial charge >= 0.3 is 0 Å². The standard InChI is InChI=1S/C12H19FN2O2S/c1-2-3-4-5-9-15-18(16,17)12-10(13)7-6-8-11(12)14/h6-8,15H,2-5,9,14H2,1H3. The van der Waals surface area contributed by atoms with Gasteiger partial charge in [0.2, 0.25) is 10.0 Å². The minimum atomic E-state index is -3.86. The molecule has 0 saturated heterocycles. The van der Waals surface area contributed by atoms with Crippen LogP contribution in [0.15, 0.2) is 23.1 Å². The fourth-order valence-corrected chi connectivity index (χ4v) is 2.90. The first-order valence-corrected chi connectivity index (χ1v) is 7.51. The Kier molecular flexibility index (Phi) is 5.55. The summed E-state index contributed by atoms with van der Waals surface area (Å²) in [5.74, 6) is -0.823. The maximum absolute atomic E-state index is 13.5. The highest BCUT2D eigenvalue weighted by Gasteiger charge is 2.21. The van der Waals surface area contributed by atoms with Crippen LogP contribution in [0, 0.1) is 5.82 Å². The van der Waals surface area contributed by atoms with E-state index in [1.807, 2.05) is 0 Å². The van der Waals surface area contributed by atoms with Crippen molar-refractivity contribution in [3.05, 3.63) is 24.0 Å². The molecule has 0 spiro atoms. The summed E-state index contributed by atoms with van der Waals surface area (Å²) in [5.41, 5.74) is 5.43. The number of unbranched alkanes of at least 4 members (excludes halogenated alkanes) is 3. The molecule has 3 N–H and O–H groups in total. The summed E-state index contributed by atoms with van der Waals surface area (Å²) in [6.45, 7) is 2.38. The molecule has 1 rings (SSSR count). The van der Waals surface area contributed by atoms with E-state index in [1.54, 1.807) is 0 Å². The number of rotatable bonds is 7. The second kappa shape index (κ2) is 6.70. The number of nitrogens with one attached hydrogen (secondary N) is 1. The first-order chi connectivity index (χ1) is 8.49. The predicted octanol–water partition coefficient (Wildman–Crippen LogP) is 2.27. The average molecular weight is 274 g/mol. The number of benzene rings is 1. The Morgan fingerprint density at radius 2 is 2.00 bits per heavy atom. The smallest absolute Gasteiger partial charge is 0.245 e. The molecule has 0 aliphatic heterocycles. The summed E-state index contributed by atoms with van der Waals surface area (Å²) in [4.78, 5) is -0.458. The Balaban J connectivity index is 2.69. The van der Waals surface area contributed by atoms with Gasteiger partial charge in [-0.1, -0.05) is 32.3 Å². The third kappa shape index (κ3) is 3.96. The van der Waals surface area contributed by atoms with Crippen molar-refractivity contribution in [1.82, 2.24) is 4.72 Å².